The standard InChI is InChI=1S/C17H25NOS/c1-14(20-16-10-6-3-7-11-16)17(19)18-13-12-15-8-4-2-5-9-15/h3,6-7,10-11,14-15H,2,4-5,8-9,12-13H2,1H3,(H,18,19). The molecule has 1 aliphatic rings. The normalized spacial score (nSPS) is 17.6. The Morgan fingerprint density at radius 3 is 2.65 bits per heavy atom. The molecule has 0 saturated heterocycles. The first-order valence-corrected chi connectivity index (χ1v) is 8.63. The van der Waals surface area contributed by atoms with Crippen LogP contribution in [0.1, 0.15) is 45.4 Å². The zero-order valence-electron chi connectivity index (χ0n) is 12.3. The van der Waals surface area contributed by atoms with Crippen molar-refractivity contribution in [1.82, 2.24) is 5.32 Å². The number of hydrogen-bond donors (Lipinski definition) is 1. The Bertz CT molecular complexity index is 401. The fraction of sp³-hybridized carbons (Fsp3) is 0.588. The van der Waals surface area contributed by atoms with Crippen molar-refractivity contribution < 1.29 is 4.79 Å². The van der Waals surface area contributed by atoms with Crippen LogP contribution in [0.3, 0.4) is 0 Å². The van der Waals surface area contributed by atoms with Crippen LogP contribution in [0.5, 0.6) is 0 Å². The molecule has 1 atom stereocenters. The van der Waals surface area contributed by atoms with E-state index in [4.69, 9.17) is 0 Å². The van der Waals surface area contributed by atoms with Crippen LogP contribution in [0, 0.1) is 5.92 Å². The number of carbonyl (C=O) groups is 1. The lowest BCUT2D eigenvalue weighted by Crippen LogP contribution is -2.32. The number of nitrogens with one attached hydrogen (secondary N) is 1. The summed E-state index contributed by atoms with van der Waals surface area (Å²) in [6.45, 7) is 2.82. The predicted molar refractivity (Wildman–Crippen MR) is 86.0 cm³/mol. The number of carbonyl (C=O) groups excluding carboxylic acids is 1. The van der Waals surface area contributed by atoms with E-state index in [-0.39, 0.29) is 11.2 Å². The third-order valence-electron chi connectivity index (χ3n) is 4.00. The molecule has 1 aliphatic carbocycles. The van der Waals surface area contributed by atoms with Crippen LogP contribution >= 0.6 is 11.8 Å². The number of thioether (sulfide) groups is 1. The topological polar surface area (TPSA) is 29.1 Å². The summed E-state index contributed by atoms with van der Waals surface area (Å²) in [7, 11) is 0. The molecule has 0 aromatic heterocycles. The van der Waals surface area contributed by atoms with E-state index in [9.17, 15) is 4.79 Å². The molecule has 1 unspecified atom stereocenters. The summed E-state index contributed by atoms with van der Waals surface area (Å²) in [5.74, 6) is 0.996. The summed E-state index contributed by atoms with van der Waals surface area (Å²) >= 11 is 1.63. The summed E-state index contributed by atoms with van der Waals surface area (Å²) in [5.41, 5.74) is 0. The zero-order valence-corrected chi connectivity index (χ0v) is 13.1. The van der Waals surface area contributed by atoms with Gasteiger partial charge >= 0.3 is 0 Å². The molecule has 1 saturated carbocycles. The van der Waals surface area contributed by atoms with Gasteiger partial charge in [0.2, 0.25) is 5.91 Å². The average molecular weight is 291 g/mol. The van der Waals surface area contributed by atoms with Gasteiger partial charge in [-0.25, -0.2) is 0 Å². The fourth-order valence-corrected chi connectivity index (χ4v) is 3.69. The largest absolute Gasteiger partial charge is 0.355 e. The van der Waals surface area contributed by atoms with Crippen molar-refractivity contribution >= 4 is 17.7 Å². The van der Waals surface area contributed by atoms with Crippen molar-refractivity contribution in [3.8, 4) is 0 Å². The fourth-order valence-electron chi connectivity index (χ4n) is 2.78. The second-order valence-corrected chi connectivity index (χ2v) is 7.07. The first kappa shape index (κ1) is 15.4. The molecule has 0 aliphatic heterocycles. The van der Waals surface area contributed by atoms with E-state index in [1.54, 1.807) is 11.8 Å². The van der Waals surface area contributed by atoms with Crippen LogP contribution in [0.2, 0.25) is 0 Å². The number of hydrogen-bond acceptors (Lipinski definition) is 2. The molecule has 1 aromatic rings. The molecule has 1 N–H and O–H groups in total. The number of benzene rings is 1. The van der Waals surface area contributed by atoms with Crippen LogP contribution in [0.25, 0.3) is 0 Å². The average Bonchev–Trinajstić information content (AvgIpc) is 2.49. The molecule has 110 valence electrons. The van der Waals surface area contributed by atoms with Gasteiger partial charge in [0.15, 0.2) is 0 Å². The maximum Gasteiger partial charge on any atom is 0.233 e. The minimum atomic E-state index is -0.0243. The maximum atomic E-state index is 12.1. The Labute approximate surface area is 126 Å². The highest BCUT2D eigenvalue weighted by Crippen LogP contribution is 2.26. The smallest absolute Gasteiger partial charge is 0.233 e. The first-order chi connectivity index (χ1) is 9.75. The van der Waals surface area contributed by atoms with Crippen molar-refractivity contribution in [2.24, 2.45) is 5.92 Å². The molecular weight excluding hydrogens is 266 g/mol. The Morgan fingerprint density at radius 2 is 1.95 bits per heavy atom. The Hall–Kier alpha value is -0.960. The van der Waals surface area contributed by atoms with Gasteiger partial charge in [-0.1, -0.05) is 50.3 Å². The van der Waals surface area contributed by atoms with Crippen LogP contribution in [-0.4, -0.2) is 17.7 Å². The van der Waals surface area contributed by atoms with E-state index in [2.05, 4.69) is 17.4 Å². The molecule has 2 rings (SSSR count). The molecule has 20 heavy (non-hydrogen) atoms. The third kappa shape index (κ3) is 5.20. The van der Waals surface area contributed by atoms with Gasteiger partial charge in [0.05, 0.1) is 5.25 Å². The van der Waals surface area contributed by atoms with E-state index in [0.717, 1.165) is 23.8 Å². The molecule has 0 bridgehead atoms. The SMILES string of the molecule is CC(Sc1ccccc1)C(=O)NCCC1CCCCC1. The minimum Gasteiger partial charge on any atom is -0.355 e. The molecule has 0 spiro atoms. The predicted octanol–water partition coefficient (Wildman–Crippen LogP) is 4.25. The van der Waals surface area contributed by atoms with Crippen LogP contribution < -0.4 is 5.32 Å². The summed E-state index contributed by atoms with van der Waals surface area (Å²) in [4.78, 5) is 13.2. The molecular formula is C17H25NOS. The van der Waals surface area contributed by atoms with E-state index in [1.165, 1.54) is 32.1 Å². The Morgan fingerprint density at radius 1 is 1.25 bits per heavy atom. The van der Waals surface area contributed by atoms with Crippen LogP contribution in [-0.2, 0) is 4.79 Å². The van der Waals surface area contributed by atoms with Crippen molar-refractivity contribution in [2.45, 2.75) is 55.6 Å². The second-order valence-electron chi connectivity index (χ2n) is 5.66. The lowest BCUT2D eigenvalue weighted by Gasteiger charge is -2.21. The lowest BCUT2D eigenvalue weighted by atomic mass is 9.87. The minimum absolute atomic E-state index is 0.0243. The summed E-state index contributed by atoms with van der Waals surface area (Å²) in [6, 6.07) is 10.1. The Kier molecular flexibility index (Phi) is 6.44. The molecule has 0 heterocycles. The van der Waals surface area contributed by atoms with E-state index >= 15 is 0 Å². The highest BCUT2D eigenvalue weighted by molar-refractivity contribution is 8.00. The molecule has 3 heteroatoms. The summed E-state index contributed by atoms with van der Waals surface area (Å²) in [6.07, 6.45) is 7.99. The van der Waals surface area contributed by atoms with Crippen molar-refractivity contribution in [3.05, 3.63) is 30.3 Å². The Balaban J connectivity index is 1.66. The molecule has 1 fully saturated rings. The van der Waals surface area contributed by atoms with Gasteiger partial charge in [-0.05, 0) is 31.4 Å². The highest BCUT2D eigenvalue weighted by Gasteiger charge is 2.16. The molecule has 0 radical (unpaired) electrons. The van der Waals surface area contributed by atoms with Gasteiger partial charge in [-0.2, -0.15) is 0 Å². The van der Waals surface area contributed by atoms with E-state index < -0.39 is 0 Å². The van der Waals surface area contributed by atoms with Gasteiger partial charge in [0.1, 0.15) is 0 Å². The molecule has 1 aromatic carbocycles. The van der Waals surface area contributed by atoms with Crippen LogP contribution in [0.15, 0.2) is 35.2 Å². The van der Waals surface area contributed by atoms with Crippen molar-refractivity contribution in [2.75, 3.05) is 6.54 Å². The highest BCUT2D eigenvalue weighted by atomic mass is 32.2. The van der Waals surface area contributed by atoms with Gasteiger partial charge < -0.3 is 5.32 Å². The number of rotatable bonds is 6. The van der Waals surface area contributed by atoms with Gasteiger partial charge in [-0.3, -0.25) is 4.79 Å². The molecule has 2 nitrogen and oxygen atoms in total. The first-order valence-electron chi connectivity index (χ1n) is 7.75. The van der Waals surface area contributed by atoms with Crippen LogP contribution in [0.4, 0.5) is 0 Å². The summed E-state index contributed by atoms with van der Waals surface area (Å²) < 4.78 is 0. The second kappa shape index (κ2) is 8.35. The van der Waals surface area contributed by atoms with Crippen molar-refractivity contribution in [3.63, 3.8) is 0 Å². The quantitative estimate of drug-likeness (QED) is 0.794. The van der Waals surface area contributed by atoms with Crippen molar-refractivity contribution in [1.29, 1.82) is 0 Å². The number of amides is 1. The monoisotopic (exact) mass is 291 g/mol. The van der Waals surface area contributed by atoms with E-state index in [1.807, 2.05) is 25.1 Å². The van der Waals surface area contributed by atoms with Gasteiger partial charge in [-0.15, -0.1) is 11.8 Å². The summed E-state index contributed by atoms with van der Waals surface area (Å²) in [5, 5.41) is 3.07. The third-order valence-corrected chi connectivity index (χ3v) is 5.11. The van der Waals surface area contributed by atoms with Gasteiger partial charge in [0, 0.05) is 11.4 Å². The maximum absolute atomic E-state index is 12.1. The zero-order chi connectivity index (χ0) is 14.2. The van der Waals surface area contributed by atoms with E-state index in [0.29, 0.717) is 0 Å². The lowest BCUT2D eigenvalue weighted by molar-refractivity contribution is -0.120. The molecule has 1 amide bonds. The van der Waals surface area contributed by atoms with Gasteiger partial charge in [0.25, 0.3) is 0 Å².